The Bertz CT molecular complexity index is 1110. The molecule has 0 unspecified atom stereocenters. The van der Waals surface area contributed by atoms with Crippen LogP contribution in [0.2, 0.25) is 19.6 Å². The highest BCUT2D eigenvalue weighted by atomic mass is 28.3. The van der Waals surface area contributed by atoms with E-state index in [1.165, 1.54) is 10.8 Å². The SMILES string of the molecule is Cc1ccc2c(n1)oc1ccc(-c3cc(C)c([Si](C)(C)C)cn3)cc12. The van der Waals surface area contributed by atoms with Crippen molar-refractivity contribution in [2.24, 2.45) is 0 Å². The van der Waals surface area contributed by atoms with Crippen molar-refractivity contribution in [3.63, 3.8) is 0 Å². The van der Waals surface area contributed by atoms with E-state index in [9.17, 15) is 0 Å². The van der Waals surface area contributed by atoms with Crippen LogP contribution in [0.1, 0.15) is 11.3 Å². The minimum absolute atomic E-state index is 0.699. The molecule has 0 saturated carbocycles. The van der Waals surface area contributed by atoms with Crippen LogP contribution in [0, 0.1) is 13.8 Å². The summed E-state index contributed by atoms with van der Waals surface area (Å²) < 4.78 is 5.89. The molecule has 1 aromatic carbocycles. The molecule has 0 atom stereocenters. The van der Waals surface area contributed by atoms with Gasteiger partial charge in [-0.2, -0.15) is 0 Å². The Morgan fingerprint density at radius 3 is 2.44 bits per heavy atom. The van der Waals surface area contributed by atoms with E-state index < -0.39 is 8.07 Å². The topological polar surface area (TPSA) is 38.9 Å². The van der Waals surface area contributed by atoms with E-state index in [0.717, 1.165) is 33.3 Å². The summed E-state index contributed by atoms with van der Waals surface area (Å²) in [5.74, 6) is 0. The molecule has 0 N–H and O–H groups in total. The molecule has 3 aromatic heterocycles. The number of aryl methyl sites for hydroxylation is 2. The lowest BCUT2D eigenvalue weighted by Gasteiger charge is -2.19. The molecule has 0 spiro atoms. The molecule has 0 bridgehead atoms. The van der Waals surface area contributed by atoms with Crippen LogP contribution in [0.3, 0.4) is 0 Å². The molecule has 126 valence electrons. The maximum Gasteiger partial charge on any atom is 0.227 e. The average molecular weight is 347 g/mol. The van der Waals surface area contributed by atoms with Gasteiger partial charge in [0.15, 0.2) is 0 Å². The predicted octanol–water partition coefficient (Wildman–Crippen LogP) is 5.21. The lowest BCUT2D eigenvalue weighted by Crippen LogP contribution is -2.39. The second-order valence-corrected chi connectivity index (χ2v) is 12.8. The Kier molecular flexibility index (Phi) is 3.54. The molecule has 0 saturated heterocycles. The van der Waals surface area contributed by atoms with Gasteiger partial charge in [-0.1, -0.05) is 19.6 Å². The maximum absolute atomic E-state index is 5.89. The summed E-state index contributed by atoms with van der Waals surface area (Å²) in [5.41, 5.74) is 5.99. The molecule has 0 amide bonds. The van der Waals surface area contributed by atoms with Crippen molar-refractivity contribution in [3.8, 4) is 11.3 Å². The highest BCUT2D eigenvalue weighted by molar-refractivity contribution is 6.89. The van der Waals surface area contributed by atoms with Crippen LogP contribution in [-0.2, 0) is 0 Å². The third-order valence-corrected chi connectivity index (χ3v) is 6.83. The Labute approximate surface area is 148 Å². The summed E-state index contributed by atoms with van der Waals surface area (Å²) in [7, 11) is -1.36. The van der Waals surface area contributed by atoms with Crippen molar-refractivity contribution in [1.82, 2.24) is 9.97 Å². The van der Waals surface area contributed by atoms with Crippen molar-refractivity contribution < 1.29 is 4.42 Å². The molecule has 4 heteroatoms. The summed E-state index contributed by atoms with van der Waals surface area (Å²) in [4.78, 5) is 9.24. The molecule has 0 aliphatic carbocycles. The largest absolute Gasteiger partial charge is 0.438 e. The number of furan rings is 1. The van der Waals surface area contributed by atoms with Gasteiger partial charge in [0.25, 0.3) is 0 Å². The number of pyridine rings is 2. The Hall–Kier alpha value is -2.46. The second kappa shape index (κ2) is 5.53. The summed E-state index contributed by atoms with van der Waals surface area (Å²) >= 11 is 0. The van der Waals surface area contributed by atoms with Gasteiger partial charge < -0.3 is 4.42 Å². The molecule has 3 nitrogen and oxygen atoms in total. The lowest BCUT2D eigenvalue weighted by molar-refractivity contribution is 0.652. The van der Waals surface area contributed by atoms with E-state index in [2.05, 4.69) is 62.0 Å². The Morgan fingerprint density at radius 1 is 0.920 bits per heavy atom. The van der Waals surface area contributed by atoms with Crippen LogP contribution in [0.4, 0.5) is 0 Å². The van der Waals surface area contributed by atoms with Gasteiger partial charge in [-0.05, 0) is 61.0 Å². The van der Waals surface area contributed by atoms with E-state index in [1.807, 2.05) is 19.1 Å². The van der Waals surface area contributed by atoms with E-state index in [1.54, 1.807) is 0 Å². The fraction of sp³-hybridized carbons (Fsp3) is 0.238. The molecule has 0 aliphatic heterocycles. The molecular formula is C21H22N2OSi. The maximum atomic E-state index is 5.89. The first-order valence-corrected chi connectivity index (χ1v) is 12.1. The van der Waals surface area contributed by atoms with Gasteiger partial charge in [0.1, 0.15) is 5.58 Å². The highest BCUT2D eigenvalue weighted by Crippen LogP contribution is 2.31. The first-order valence-electron chi connectivity index (χ1n) is 8.60. The van der Waals surface area contributed by atoms with E-state index in [0.29, 0.717) is 5.71 Å². The quantitative estimate of drug-likeness (QED) is 0.468. The summed E-state index contributed by atoms with van der Waals surface area (Å²) in [6.45, 7) is 11.2. The van der Waals surface area contributed by atoms with Crippen molar-refractivity contribution in [2.75, 3.05) is 0 Å². The van der Waals surface area contributed by atoms with Gasteiger partial charge in [0.05, 0.1) is 13.8 Å². The van der Waals surface area contributed by atoms with E-state index in [-0.39, 0.29) is 0 Å². The molecule has 25 heavy (non-hydrogen) atoms. The first kappa shape index (κ1) is 16.0. The van der Waals surface area contributed by atoms with Crippen molar-refractivity contribution in [2.45, 2.75) is 33.5 Å². The Balaban J connectivity index is 1.87. The third kappa shape index (κ3) is 2.76. The van der Waals surface area contributed by atoms with Gasteiger partial charge >= 0.3 is 0 Å². The molecule has 0 aliphatic rings. The number of fused-ring (bicyclic) bond motifs is 3. The molecular weight excluding hydrogens is 324 g/mol. The average Bonchev–Trinajstić information content (AvgIpc) is 2.90. The van der Waals surface area contributed by atoms with Gasteiger partial charge in [-0.3, -0.25) is 4.98 Å². The molecule has 4 rings (SSSR count). The number of aromatic nitrogens is 2. The second-order valence-electron chi connectivity index (χ2n) is 7.75. The summed E-state index contributed by atoms with van der Waals surface area (Å²) in [6, 6.07) is 12.6. The van der Waals surface area contributed by atoms with Crippen LogP contribution in [0.5, 0.6) is 0 Å². The predicted molar refractivity (Wildman–Crippen MR) is 107 cm³/mol. The minimum Gasteiger partial charge on any atom is -0.438 e. The number of hydrogen-bond donors (Lipinski definition) is 0. The smallest absolute Gasteiger partial charge is 0.227 e. The molecule has 4 aromatic rings. The number of nitrogens with zero attached hydrogens (tertiary/aromatic N) is 2. The summed E-state index contributed by atoms with van der Waals surface area (Å²) in [6.07, 6.45) is 2.07. The van der Waals surface area contributed by atoms with Crippen LogP contribution < -0.4 is 5.19 Å². The number of hydrogen-bond acceptors (Lipinski definition) is 3. The highest BCUT2D eigenvalue weighted by Gasteiger charge is 2.19. The normalized spacial score (nSPS) is 12.2. The molecule has 0 fully saturated rings. The zero-order valence-corrected chi connectivity index (χ0v) is 16.3. The molecule has 3 heterocycles. The van der Waals surface area contributed by atoms with Gasteiger partial charge in [-0.25, -0.2) is 4.98 Å². The number of rotatable bonds is 2. The van der Waals surface area contributed by atoms with Crippen molar-refractivity contribution >= 4 is 35.3 Å². The zero-order valence-electron chi connectivity index (χ0n) is 15.3. The minimum atomic E-state index is -1.36. The van der Waals surface area contributed by atoms with E-state index >= 15 is 0 Å². The lowest BCUT2D eigenvalue weighted by atomic mass is 10.1. The standard InChI is InChI=1S/C21H22N2OSi/c1-13-10-18(22-12-20(13)25(3,4)5)15-7-9-19-17(11-15)16-8-6-14(2)23-21(16)24-19/h6-12H,1-5H3. The van der Waals surface area contributed by atoms with E-state index in [4.69, 9.17) is 9.40 Å². The number of benzene rings is 1. The fourth-order valence-electron chi connectivity index (χ4n) is 3.41. The van der Waals surface area contributed by atoms with Gasteiger partial charge in [-0.15, -0.1) is 0 Å². The monoisotopic (exact) mass is 346 g/mol. The van der Waals surface area contributed by atoms with Crippen LogP contribution in [-0.4, -0.2) is 18.0 Å². The van der Waals surface area contributed by atoms with Crippen LogP contribution in [0.25, 0.3) is 33.3 Å². The third-order valence-electron chi connectivity index (χ3n) is 4.69. The first-order chi connectivity index (χ1) is 11.8. The van der Waals surface area contributed by atoms with Crippen molar-refractivity contribution in [3.05, 3.63) is 53.9 Å². The van der Waals surface area contributed by atoms with Crippen LogP contribution >= 0.6 is 0 Å². The Morgan fingerprint density at radius 2 is 1.72 bits per heavy atom. The van der Waals surface area contributed by atoms with Gasteiger partial charge in [0, 0.05) is 28.2 Å². The summed E-state index contributed by atoms with van der Waals surface area (Å²) in [5, 5.41) is 3.57. The van der Waals surface area contributed by atoms with Crippen LogP contribution in [0.15, 0.2) is 47.0 Å². The van der Waals surface area contributed by atoms with Crippen molar-refractivity contribution in [1.29, 1.82) is 0 Å². The fourth-order valence-corrected chi connectivity index (χ4v) is 5.11. The van der Waals surface area contributed by atoms with Gasteiger partial charge in [0.2, 0.25) is 5.71 Å². The zero-order chi connectivity index (χ0) is 17.8. The molecule has 0 radical (unpaired) electrons.